The molecule has 2 N–H and O–H groups in total. The van der Waals surface area contributed by atoms with E-state index in [1.54, 1.807) is 0 Å². The number of nitrogens with two attached hydrogens (primary N) is 1. The molecule has 0 radical (unpaired) electrons. The predicted molar refractivity (Wildman–Crippen MR) is 82.9 cm³/mol. The van der Waals surface area contributed by atoms with Gasteiger partial charge in [-0.1, -0.05) is 30.3 Å². The first-order valence-electron chi connectivity index (χ1n) is 7.42. The molecule has 1 aromatic rings. The Kier molecular flexibility index (Phi) is 5.73. The van der Waals surface area contributed by atoms with Crippen LogP contribution in [0.25, 0.3) is 0 Å². The summed E-state index contributed by atoms with van der Waals surface area (Å²) in [5.41, 5.74) is 7.16. The van der Waals surface area contributed by atoms with E-state index in [1.807, 2.05) is 6.07 Å². The molecule has 1 aliphatic rings. The molecule has 1 saturated heterocycles. The molecule has 2 unspecified atom stereocenters. The maximum atomic E-state index is 11.4. The van der Waals surface area contributed by atoms with Crippen molar-refractivity contribution in [1.29, 1.82) is 0 Å². The van der Waals surface area contributed by atoms with Gasteiger partial charge in [0.2, 0.25) is 0 Å². The number of esters is 1. The molecule has 0 spiro atoms. The van der Waals surface area contributed by atoms with E-state index in [9.17, 15) is 4.79 Å². The third-order valence-corrected chi connectivity index (χ3v) is 4.11. The number of likely N-dealkylation sites (N-methyl/N-ethyl adjacent to an activating group) is 1. The van der Waals surface area contributed by atoms with Gasteiger partial charge in [-0.25, -0.2) is 0 Å². The van der Waals surface area contributed by atoms with Crippen LogP contribution in [-0.4, -0.2) is 62.1 Å². The van der Waals surface area contributed by atoms with Crippen molar-refractivity contribution in [2.45, 2.75) is 18.5 Å². The molecule has 0 aliphatic carbocycles. The number of carbonyl (C=O) groups is 1. The Bertz CT molecular complexity index is 452. The second-order valence-electron chi connectivity index (χ2n) is 5.64. The van der Waals surface area contributed by atoms with Crippen LogP contribution in [0.3, 0.4) is 0 Å². The Hall–Kier alpha value is -1.43. The summed E-state index contributed by atoms with van der Waals surface area (Å²) < 4.78 is 4.69. The maximum Gasteiger partial charge on any atom is 0.322 e. The predicted octanol–water partition coefficient (Wildman–Crippen LogP) is 0.866. The summed E-state index contributed by atoms with van der Waals surface area (Å²) in [5.74, 6) is -0.333. The summed E-state index contributed by atoms with van der Waals surface area (Å²) in [6, 6.07) is 10.3. The quantitative estimate of drug-likeness (QED) is 0.816. The van der Waals surface area contributed by atoms with Crippen molar-refractivity contribution < 1.29 is 9.53 Å². The Morgan fingerprint density at radius 3 is 2.76 bits per heavy atom. The lowest BCUT2D eigenvalue weighted by atomic mass is 10.0. The van der Waals surface area contributed by atoms with Crippen molar-refractivity contribution in [3.05, 3.63) is 35.9 Å². The topological polar surface area (TPSA) is 58.8 Å². The van der Waals surface area contributed by atoms with Gasteiger partial charge in [-0.3, -0.25) is 9.69 Å². The van der Waals surface area contributed by atoms with Crippen LogP contribution in [-0.2, 0) is 9.53 Å². The molecule has 0 aromatic heterocycles. The molecule has 0 bridgehead atoms. The number of benzene rings is 1. The molecular weight excluding hydrogens is 266 g/mol. The Labute approximate surface area is 126 Å². The minimum absolute atomic E-state index is 0.333. The summed E-state index contributed by atoms with van der Waals surface area (Å²) in [5, 5.41) is 0. The zero-order valence-corrected chi connectivity index (χ0v) is 12.9. The summed E-state index contributed by atoms with van der Waals surface area (Å²) in [4.78, 5) is 16.2. The van der Waals surface area contributed by atoms with E-state index < -0.39 is 6.04 Å². The van der Waals surface area contributed by atoms with Crippen LogP contribution in [0.1, 0.15) is 18.0 Å². The van der Waals surface area contributed by atoms with Crippen LogP contribution >= 0.6 is 0 Å². The summed E-state index contributed by atoms with van der Waals surface area (Å²) in [6.07, 6.45) is 0.625. The van der Waals surface area contributed by atoms with Gasteiger partial charge in [0, 0.05) is 32.2 Å². The maximum absolute atomic E-state index is 11.4. The Morgan fingerprint density at radius 1 is 1.38 bits per heavy atom. The van der Waals surface area contributed by atoms with Crippen molar-refractivity contribution >= 4 is 5.97 Å². The van der Waals surface area contributed by atoms with E-state index in [2.05, 4.69) is 45.8 Å². The number of rotatable bonds is 5. The molecule has 2 rings (SSSR count). The average Bonchev–Trinajstić information content (AvgIpc) is 2.53. The molecule has 2 atom stereocenters. The fourth-order valence-corrected chi connectivity index (χ4v) is 2.79. The van der Waals surface area contributed by atoms with Crippen molar-refractivity contribution in [2.75, 3.05) is 40.3 Å². The lowest BCUT2D eigenvalue weighted by molar-refractivity contribution is -0.142. The van der Waals surface area contributed by atoms with Crippen LogP contribution in [0.2, 0.25) is 0 Å². The van der Waals surface area contributed by atoms with E-state index in [1.165, 1.54) is 12.7 Å². The van der Waals surface area contributed by atoms with Gasteiger partial charge in [0.05, 0.1) is 7.11 Å². The molecule has 5 nitrogen and oxygen atoms in total. The van der Waals surface area contributed by atoms with Gasteiger partial charge in [0.1, 0.15) is 6.04 Å². The second kappa shape index (κ2) is 7.54. The Balaban J connectivity index is 2.00. The summed E-state index contributed by atoms with van der Waals surface area (Å²) in [7, 11) is 3.53. The highest BCUT2D eigenvalue weighted by atomic mass is 16.5. The number of hydrogen-bond acceptors (Lipinski definition) is 5. The average molecular weight is 291 g/mol. The molecule has 1 fully saturated rings. The van der Waals surface area contributed by atoms with Crippen LogP contribution in [0, 0.1) is 0 Å². The van der Waals surface area contributed by atoms with Crippen LogP contribution in [0.4, 0.5) is 0 Å². The highest BCUT2D eigenvalue weighted by Crippen LogP contribution is 2.24. The number of piperazine rings is 1. The largest absolute Gasteiger partial charge is 0.468 e. The van der Waals surface area contributed by atoms with Gasteiger partial charge in [0.15, 0.2) is 0 Å². The smallest absolute Gasteiger partial charge is 0.322 e. The minimum Gasteiger partial charge on any atom is -0.468 e. The molecule has 0 saturated carbocycles. The van der Waals surface area contributed by atoms with E-state index in [0.29, 0.717) is 12.5 Å². The van der Waals surface area contributed by atoms with Gasteiger partial charge >= 0.3 is 5.97 Å². The lowest BCUT2D eigenvalue weighted by Crippen LogP contribution is -2.48. The Morgan fingerprint density at radius 2 is 2.10 bits per heavy atom. The zero-order chi connectivity index (χ0) is 15.2. The number of carbonyl (C=O) groups excluding carboxylic acids is 1. The number of hydrogen-bond donors (Lipinski definition) is 1. The first-order valence-corrected chi connectivity index (χ1v) is 7.42. The van der Waals surface area contributed by atoms with Crippen LogP contribution < -0.4 is 5.73 Å². The third kappa shape index (κ3) is 4.27. The van der Waals surface area contributed by atoms with Gasteiger partial charge in [0.25, 0.3) is 0 Å². The third-order valence-electron chi connectivity index (χ3n) is 4.11. The van der Waals surface area contributed by atoms with Gasteiger partial charge in [-0.05, 0) is 19.0 Å². The first kappa shape index (κ1) is 15.9. The number of methoxy groups -OCH3 is 1. The van der Waals surface area contributed by atoms with Crippen LogP contribution in [0.15, 0.2) is 30.3 Å². The molecule has 1 aromatic carbocycles. The van der Waals surface area contributed by atoms with Gasteiger partial charge < -0.3 is 15.4 Å². The van der Waals surface area contributed by atoms with Gasteiger partial charge in [-0.15, -0.1) is 0 Å². The standard InChI is InChI=1S/C16H25N3O2/c1-18-10-11-19(9-8-14(17)16(20)21-2)15(12-18)13-6-4-3-5-7-13/h3-7,14-15H,8-12,17H2,1-2H3. The van der Waals surface area contributed by atoms with E-state index >= 15 is 0 Å². The van der Waals surface area contributed by atoms with Crippen molar-refractivity contribution in [3.63, 3.8) is 0 Å². The van der Waals surface area contributed by atoms with E-state index in [0.717, 1.165) is 26.2 Å². The molecule has 1 heterocycles. The van der Waals surface area contributed by atoms with Crippen LogP contribution in [0.5, 0.6) is 0 Å². The zero-order valence-electron chi connectivity index (χ0n) is 12.9. The highest BCUT2D eigenvalue weighted by molar-refractivity contribution is 5.75. The van der Waals surface area contributed by atoms with E-state index in [-0.39, 0.29) is 5.97 Å². The minimum atomic E-state index is -0.536. The van der Waals surface area contributed by atoms with Gasteiger partial charge in [-0.2, -0.15) is 0 Å². The normalized spacial score (nSPS) is 22.0. The molecule has 21 heavy (non-hydrogen) atoms. The molecule has 5 heteroatoms. The molecule has 0 amide bonds. The first-order chi connectivity index (χ1) is 10.1. The van der Waals surface area contributed by atoms with E-state index in [4.69, 9.17) is 5.73 Å². The lowest BCUT2D eigenvalue weighted by Gasteiger charge is -2.40. The monoisotopic (exact) mass is 291 g/mol. The highest BCUT2D eigenvalue weighted by Gasteiger charge is 2.27. The summed E-state index contributed by atoms with van der Waals surface area (Å²) >= 11 is 0. The fourth-order valence-electron chi connectivity index (χ4n) is 2.79. The van der Waals surface area contributed by atoms with Crippen molar-refractivity contribution in [3.8, 4) is 0 Å². The number of nitrogens with zero attached hydrogens (tertiary/aromatic N) is 2. The van der Waals surface area contributed by atoms with Crippen molar-refractivity contribution in [1.82, 2.24) is 9.80 Å². The van der Waals surface area contributed by atoms with Crippen molar-refractivity contribution in [2.24, 2.45) is 5.73 Å². The molecule has 116 valence electrons. The molecule has 1 aliphatic heterocycles. The number of ether oxygens (including phenoxy) is 1. The summed E-state index contributed by atoms with van der Waals surface area (Å²) in [6.45, 7) is 3.84. The molecular formula is C16H25N3O2. The second-order valence-corrected chi connectivity index (χ2v) is 5.64. The fraction of sp³-hybridized carbons (Fsp3) is 0.562. The SMILES string of the molecule is COC(=O)C(N)CCN1CCN(C)CC1c1ccccc1.